The van der Waals surface area contributed by atoms with Crippen molar-refractivity contribution in [3.8, 4) is 11.5 Å². The maximum absolute atomic E-state index is 12.2. The summed E-state index contributed by atoms with van der Waals surface area (Å²) in [6.45, 7) is 4.48. The number of halogens is 1. The standard InChI is InChI=1S/C15H20ClO5P.C8H8O3/c1-3-20-22(18,21-4-2)11-6-5-10-19-14-9-7-8-13(12-14)15(16)17;1-11-8(10)6-3-2-4-7(9)5-6/h5-9,12H,3-4,10-11H2,1-2H3;2-5,9H,1H3/b6-5+;. The summed E-state index contributed by atoms with van der Waals surface area (Å²) in [4.78, 5) is 21.9. The molecule has 0 saturated carbocycles. The number of benzene rings is 2. The first kappa shape index (κ1) is 28.4. The van der Waals surface area contributed by atoms with Crippen molar-refractivity contribution in [1.82, 2.24) is 0 Å². The Kier molecular flexibility index (Phi) is 13.1. The molecule has 0 fully saturated rings. The van der Waals surface area contributed by atoms with Crippen molar-refractivity contribution in [3.05, 3.63) is 71.8 Å². The van der Waals surface area contributed by atoms with Crippen molar-refractivity contribution in [2.45, 2.75) is 13.8 Å². The van der Waals surface area contributed by atoms with E-state index in [0.717, 1.165) is 0 Å². The Hall–Kier alpha value is -2.64. The lowest BCUT2D eigenvalue weighted by Gasteiger charge is -2.14. The molecule has 2 aromatic carbocycles. The molecular weight excluding hydrogens is 471 g/mol. The van der Waals surface area contributed by atoms with Gasteiger partial charge >= 0.3 is 13.6 Å². The molecule has 0 saturated heterocycles. The van der Waals surface area contributed by atoms with Crippen LogP contribution in [0.2, 0.25) is 0 Å². The number of allylic oxidation sites excluding steroid dienone is 1. The molecule has 0 radical (unpaired) electrons. The molecule has 10 heteroatoms. The van der Waals surface area contributed by atoms with E-state index in [2.05, 4.69) is 4.74 Å². The lowest BCUT2D eigenvalue weighted by molar-refractivity contribution is 0.0600. The van der Waals surface area contributed by atoms with Crippen LogP contribution < -0.4 is 4.74 Å². The third-order valence-electron chi connectivity index (χ3n) is 3.82. The molecule has 0 atom stereocenters. The zero-order valence-electron chi connectivity index (χ0n) is 18.7. The molecule has 0 unspecified atom stereocenters. The van der Waals surface area contributed by atoms with Crippen molar-refractivity contribution < 1.29 is 37.8 Å². The summed E-state index contributed by atoms with van der Waals surface area (Å²) in [5.74, 6) is 0.155. The highest BCUT2D eigenvalue weighted by molar-refractivity contribution is 7.54. The molecular formula is C23H28ClO8P. The van der Waals surface area contributed by atoms with Gasteiger partial charge in [-0.25, -0.2) is 4.79 Å². The molecule has 0 spiro atoms. The second kappa shape index (κ2) is 15.2. The maximum Gasteiger partial charge on any atom is 0.337 e. The molecule has 2 rings (SSSR count). The molecule has 0 bridgehead atoms. The number of aromatic hydroxyl groups is 1. The van der Waals surface area contributed by atoms with E-state index < -0.39 is 18.8 Å². The molecule has 0 heterocycles. The van der Waals surface area contributed by atoms with E-state index in [4.69, 9.17) is 30.5 Å². The fourth-order valence-electron chi connectivity index (χ4n) is 2.41. The first-order valence-corrected chi connectivity index (χ1v) is 12.2. The third kappa shape index (κ3) is 11.2. The van der Waals surface area contributed by atoms with Crippen molar-refractivity contribution in [2.75, 3.05) is 33.1 Å². The molecule has 0 aromatic heterocycles. The van der Waals surface area contributed by atoms with Gasteiger partial charge in [0, 0.05) is 5.56 Å². The minimum Gasteiger partial charge on any atom is -0.508 e. The highest BCUT2D eigenvalue weighted by Crippen LogP contribution is 2.47. The highest BCUT2D eigenvalue weighted by atomic mass is 35.5. The monoisotopic (exact) mass is 498 g/mol. The number of phenols is 1. The Bertz CT molecular complexity index is 966. The molecule has 180 valence electrons. The molecule has 8 nitrogen and oxygen atoms in total. The Morgan fingerprint density at radius 1 is 1.00 bits per heavy atom. The van der Waals surface area contributed by atoms with Gasteiger partial charge in [-0.15, -0.1) is 0 Å². The van der Waals surface area contributed by atoms with Gasteiger partial charge in [0.1, 0.15) is 18.1 Å². The van der Waals surface area contributed by atoms with E-state index >= 15 is 0 Å². The van der Waals surface area contributed by atoms with Gasteiger partial charge in [-0.3, -0.25) is 9.36 Å². The predicted octanol–water partition coefficient (Wildman–Crippen LogP) is 5.45. The number of carbonyl (C=O) groups excluding carboxylic acids is 2. The van der Waals surface area contributed by atoms with Crippen LogP contribution in [0.1, 0.15) is 34.6 Å². The quantitative estimate of drug-likeness (QED) is 0.189. The minimum atomic E-state index is -3.06. The first-order chi connectivity index (χ1) is 15.7. The number of hydrogen-bond acceptors (Lipinski definition) is 8. The van der Waals surface area contributed by atoms with Gasteiger partial charge in [0.25, 0.3) is 5.24 Å². The van der Waals surface area contributed by atoms with Gasteiger partial charge in [-0.1, -0.05) is 24.3 Å². The van der Waals surface area contributed by atoms with Crippen LogP contribution in [0.25, 0.3) is 0 Å². The first-order valence-electron chi connectivity index (χ1n) is 10.1. The molecule has 2 aromatic rings. The van der Waals surface area contributed by atoms with Gasteiger partial charge in [-0.05, 0) is 61.8 Å². The topological polar surface area (TPSA) is 108 Å². The van der Waals surface area contributed by atoms with Crippen LogP contribution >= 0.6 is 19.2 Å². The van der Waals surface area contributed by atoms with Crippen LogP contribution in [0.4, 0.5) is 0 Å². The van der Waals surface area contributed by atoms with Crippen LogP contribution in [-0.2, 0) is 18.3 Å². The Morgan fingerprint density at radius 3 is 2.21 bits per heavy atom. The van der Waals surface area contributed by atoms with E-state index in [1.165, 1.54) is 19.2 Å². The molecule has 0 aliphatic heterocycles. The largest absolute Gasteiger partial charge is 0.508 e. The minimum absolute atomic E-state index is 0.0629. The van der Waals surface area contributed by atoms with E-state index in [1.54, 1.807) is 62.4 Å². The van der Waals surface area contributed by atoms with Gasteiger partial charge in [0.2, 0.25) is 0 Å². The van der Waals surface area contributed by atoms with Crippen molar-refractivity contribution >= 4 is 30.4 Å². The van der Waals surface area contributed by atoms with Gasteiger partial charge in [0.05, 0.1) is 32.0 Å². The number of ether oxygens (including phenoxy) is 2. The summed E-state index contributed by atoms with van der Waals surface area (Å²) < 4.78 is 32.4. The average Bonchev–Trinajstić information content (AvgIpc) is 2.79. The second-order valence-electron chi connectivity index (χ2n) is 6.25. The number of esters is 1. The van der Waals surface area contributed by atoms with E-state index in [9.17, 15) is 14.2 Å². The molecule has 1 N–H and O–H groups in total. The Balaban J connectivity index is 0.000000412. The molecule has 0 amide bonds. The highest BCUT2D eigenvalue weighted by Gasteiger charge is 2.20. The lowest BCUT2D eigenvalue weighted by Crippen LogP contribution is -1.99. The van der Waals surface area contributed by atoms with E-state index in [-0.39, 0.29) is 18.5 Å². The van der Waals surface area contributed by atoms with Crippen molar-refractivity contribution in [1.29, 1.82) is 0 Å². The summed E-state index contributed by atoms with van der Waals surface area (Å²) in [5, 5.41) is 8.42. The summed E-state index contributed by atoms with van der Waals surface area (Å²) >= 11 is 5.40. The van der Waals surface area contributed by atoms with Gasteiger partial charge < -0.3 is 23.6 Å². The number of rotatable bonds is 11. The smallest absolute Gasteiger partial charge is 0.337 e. The summed E-state index contributed by atoms with van der Waals surface area (Å²) in [7, 11) is -1.76. The van der Waals surface area contributed by atoms with Crippen LogP contribution in [0.5, 0.6) is 11.5 Å². The average molecular weight is 499 g/mol. The lowest BCUT2D eigenvalue weighted by atomic mass is 10.2. The van der Waals surface area contributed by atoms with Crippen molar-refractivity contribution in [3.63, 3.8) is 0 Å². The van der Waals surface area contributed by atoms with Crippen molar-refractivity contribution in [2.24, 2.45) is 0 Å². The van der Waals surface area contributed by atoms with Crippen LogP contribution in [0, 0.1) is 0 Å². The fourth-order valence-corrected chi connectivity index (χ4v) is 4.01. The summed E-state index contributed by atoms with van der Waals surface area (Å²) in [6.07, 6.45) is 3.61. The van der Waals surface area contributed by atoms with Crippen LogP contribution in [-0.4, -0.2) is 49.4 Å². The second-order valence-corrected chi connectivity index (χ2v) is 8.70. The summed E-state index contributed by atoms with van der Waals surface area (Å²) in [5.41, 5.74) is 0.729. The number of carbonyl (C=O) groups is 2. The molecule has 0 aliphatic carbocycles. The Labute approximate surface area is 198 Å². The van der Waals surface area contributed by atoms with Gasteiger partial charge in [-0.2, -0.15) is 0 Å². The Morgan fingerprint density at radius 2 is 1.64 bits per heavy atom. The zero-order chi connectivity index (χ0) is 24.7. The molecule has 0 aliphatic rings. The number of hydrogen-bond donors (Lipinski definition) is 1. The fraction of sp³-hybridized carbons (Fsp3) is 0.304. The predicted molar refractivity (Wildman–Crippen MR) is 126 cm³/mol. The number of phenolic OH excluding ortho intramolecular Hbond substituents is 1. The van der Waals surface area contributed by atoms with E-state index in [1.807, 2.05) is 0 Å². The zero-order valence-corrected chi connectivity index (χ0v) is 20.4. The molecule has 33 heavy (non-hydrogen) atoms. The normalized spacial score (nSPS) is 10.9. The van der Waals surface area contributed by atoms with Crippen LogP contribution in [0.15, 0.2) is 60.7 Å². The van der Waals surface area contributed by atoms with Gasteiger partial charge in [0.15, 0.2) is 0 Å². The number of methoxy groups -OCH3 is 1. The summed E-state index contributed by atoms with van der Waals surface area (Å²) in [6, 6.07) is 12.6. The SMILES string of the molecule is CCOP(=O)(C/C=C/COc1cccc(C(=O)Cl)c1)OCC.COC(=O)c1cccc(O)c1. The van der Waals surface area contributed by atoms with E-state index in [0.29, 0.717) is 30.1 Å². The van der Waals surface area contributed by atoms with Crippen LogP contribution in [0.3, 0.4) is 0 Å². The maximum atomic E-state index is 12.2. The third-order valence-corrected chi connectivity index (χ3v) is 6.00.